The summed E-state index contributed by atoms with van der Waals surface area (Å²) in [4.78, 5) is 66.3. The summed E-state index contributed by atoms with van der Waals surface area (Å²) in [6, 6.07) is -0.655. The van der Waals surface area contributed by atoms with Crippen LogP contribution in [0.5, 0.6) is 0 Å². The molecule has 390 valence electrons. The number of aliphatic hydroxyl groups excluding tert-OH is 1. The van der Waals surface area contributed by atoms with Gasteiger partial charge in [0.25, 0.3) is 5.56 Å². The molecule has 3 aromatic heterocycles. The van der Waals surface area contributed by atoms with E-state index in [1.165, 1.54) is 88.5 Å². The van der Waals surface area contributed by atoms with E-state index >= 15 is 0 Å². The minimum absolute atomic E-state index is 0.112. The molecule has 2 saturated carbocycles. The maximum atomic E-state index is 11.7. The van der Waals surface area contributed by atoms with Gasteiger partial charge in [0, 0.05) is 52.4 Å². The highest BCUT2D eigenvalue weighted by molar-refractivity contribution is 5.74. The van der Waals surface area contributed by atoms with Gasteiger partial charge in [0.15, 0.2) is 17.1 Å². The van der Waals surface area contributed by atoms with Gasteiger partial charge < -0.3 is 69.3 Å². The Hall–Kier alpha value is -5.24. The van der Waals surface area contributed by atoms with Crippen LogP contribution >= 0.6 is 0 Å². The molecule has 5 rings (SSSR count). The number of aromatic nitrogens is 6. The quantitative estimate of drug-likeness (QED) is 0.0356. The molecule has 3 aromatic rings. The molecule has 24 heteroatoms. The van der Waals surface area contributed by atoms with Crippen molar-refractivity contribution in [3.05, 3.63) is 45.4 Å². The smallest absolute Gasteiger partial charge is 0.332 e. The Morgan fingerprint density at radius 1 is 0.824 bits per heavy atom. The molecule has 0 aliphatic heterocycles. The third-order valence-corrected chi connectivity index (χ3v) is 11.3. The minimum atomic E-state index is -1.01. The highest BCUT2D eigenvalue weighted by atomic mass is 16.4. The molecule has 0 aromatic carbocycles. The fourth-order valence-corrected chi connectivity index (χ4v) is 7.11. The van der Waals surface area contributed by atoms with Crippen LogP contribution in [0, 0.1) is 5.41 Å². The number of aryl methyl sites for hydroxylation is 2. The van der Waals surface area contributed by atoms with Crippen molar-refractivity contribution < 1.29 is 34.8 Å². The van der Waals surface area contributed by atoms with Crippen LogP contribution in [0.4, 0.5) is 0 Å². The Morgan fingerprint density at radius 2 is 1.32 bits per heavy atom. The monoisotopic (exact) mass is 968 g/mol. The number of carbonyl (C=O) groups is 3. The third kappa shape index (κ3) is 26.3. The summed E-state index contributed by atoms with van der Waals surface area (Å²) < 4.78 is 4.04. The number of fused-ring (bicyclic) bond motifs is 1. The first kappa shape index (κ1) is 62.8. The van der Waals surface area contributed by atoms with E-state index in [0.717, 1.165) is 42.6 Å². The van der Waals surface area contributed by atoms with Gasteiger partial charge in [0.2, 0.25) is 0 Å². The number of rotatable bonds is 18. The number of imidazole rings is 2. The summed E-state index contributed by atoms with van der Waals surface area (Å²) in [5.41, 5.74) is 26.7. The molecule has 0 saturated heterocycles. The van der Waals surface area contributed by atoms with Gasteiger partial charge in [0.1, 0.15) is 24.4 Å². The fourth-order valence-electron chi connectivity index (χ4n) is 7.11. The van der Waals surface area contributed by atoms with Crippen molar-refractivity contribution >= 4 is 35.0 Å². The lowest BCUT2D eigenvalue weighted by Gasteiger charge is -2.30. The molecule has 24 nitrogen and oxygen atoms in total. The van der Waals surface area contributed by atoms with Gasteiger partial charge in [-0.2, -0.15) is 0 Å². The summed E-state index contributed by atoms with van der Waals surface area (Å²) >= 11 is 0. The number of nitrogens with one attached hydrogen (secondary N) is 4. The van der Waals surface area contributed by atoms with Crippen LogP contribution in [0.25, 0.3) is 11.2 Å². The summed E-state index contributed by atoms with van der Waals surface area (Å²) in [6.45, 7) is 8.80. The first-order valence-electron chi connectivity index (χ1n) is 23.6. The maximum absolute atomic E-state index is 11.7. The third-order valence-electron chi connectivity index (χ3n) is 11.3. The van der Waals surface area contributed by atoms with Crippen molar-refractivity contribution in [1.29, 1.82) is 5.41 Å². The van der Waals surface area contributed by atoms with E-state index in [9.17, 15) is 24.0 Å². The standard InChI is InChI=1S/C12H23N.C8H10N4O2.C6H14N4O2.C6H9N3O2.C6H14N2O2.C6H15NO/c1-3-7-11(8-4-1)13-12-9-5-2-6-10-12;1-10-4-9-6-5(10)7(13)12(3)8(14)11(6)2;7-4(5(11)12)2-1-3-10-6(8)9;7-5(6(10)11)1-4-2-8-3-9-4;7-4-2-1-3-5(8)6(9)10;1-4-7(5-2)6(3)8/h11-13H,1-10H2;4H,1-3H3;4H,1-3,7H2,(H,11,12)(H4,8,9,10);2-3,5H,1,7H2,(H,8,9)(H,10,11);5H,1-4,7-8H2,(H,9,10);6,8H,4-5H2,1-3H3. The molecule has 18 N–H and O–H groups in total. The topological polar surface area (TPSA) is 404 Å². The second kappa shape index (κ2) is 35.8. The first-order valence-corrected chi connectivity index (χ1v) is 23.6. The number of carboxylic acid groups (broad SMARTS) is 3. The van der Waals surface area contributed by atoms with Gasteiger partial charge in [-0.1, -0.05) is 58.8 Å². The Bertz CT molecular complexity index is 1940. The fraction of sp³-hybridized carbons (Fsp3) is 0.727. The van der Waals surface area contributed by atoms with Crippen molar-refractivity contribution in [3.8, 4) is 0 Å². The number of unbranched alkanes of at least 4 members (excludes halogenated alkanes) is 1. The predicted octanol–water partition coefficient (Wildman–Crippen LogP) is 0.432. The molecule has 0 spiro atoms. The van der Waals surface area contributed by atoms with Crippen molar-refractivity contribution in [3.63, 3.8) is 0 Å². The molecule has 0 radical (unpaired) electrons. The Morgan fingerprint density at radius 3 is 1.72 bits per heavy atom. The molecule has 0 bridgehead atoms. The van der Waals surface area contributed by atoms with Gasteiger partial charge >= 0.3 is 23.6 Å². The zero-order valence-corrected chi connectivity index (χ0v) is 41.2. The Kier molecular flexibility index (Phi) is 33.1. The molecule has 3 heterocycles. The molecule has 2 aliphatic carbocycles. The van der Waals surface area contributed by atoms with Crippen LogP contribution in [0.1, 0.15) is 123 Å². The van der Waals surface area contributed by atoms with Crippen LogP contribution in [-0.4, -0.2) is 140 Å². The lowest BCUT2D eigenvalue weighted by atomic mass is 9.91. The molecular formula is C44H85N15O9. The molecule has 4 atom stereocenters. The van der Waals surface area contributed by atoms with Crippen LogP contribution in [-0.2, 0) is 41.9 Å². The average molecular weight is 968 g/mol. The van der Waals surface area contributed by atoms with Crippen molar-refractivity contribution in [2.45, 2.75) is 160 Å². The van der Waals surface area contributed by atoms with Crippen molar-refractivity contribution in [2.24, 2.45) is 49.8 Å². The number of H-pyrrole nitrogens is 1. The molecule has 68 heavy (non-hydrogen) atoms. The Balaban J connectivity index is 0.000000800. The molecule has 2 aliphatic rings. The summed E-state index contributed by atoms with van der Waals surface area (Å²) in [5, 5.41) is 47.3. The van der Waals surface area contributed by atoms with Crippen LogP contribution in [0.2, 0.25) is 0 Å². The van der Waals surface area contributed by atoms with Crippen LogP contribution < -0.4 is 50.6 Å². The van der Waals surface area contributed by atoms with Gasteiger partial charge in [-0.05, 0) is 77.9 Å². The summed E-state index contributed by atoms with van der Waals surface area (Å²) in [5.74, 6) is -3.05. The largest absolute Gasteiger partial charge is 0.480 e. The van der Waals surface area contributed by atoms with Gasteiger partial charge in [-0.3, -0.25) is 38.6 Å². The second-order valence-corrected chi connectivity index (χ2v) is 16.8. The number of aliphatic hydroxyl groups is 1. The highest BCUT2D eigenvalue weighted by Gasteiger charge is 2.19. The molecule has 0 amide bonds. The van der Waals surface area contributed by atoms with Gasteiger partial charge in [0.05, 0.1) is 18.3 Å². The normalized spacial score (nSPS) is 15.4. The second-order valence-electron chi connectivity index (χ2n) is 16.8. The number of carboxylic acids is 3. The Labute approximate surface area is 399 Å². The van der Waals surface area contributed by atoms with E-state index in [0.29, 0.717) is 49.2 Å². The average Bonchev–Trinajstić information content (AvgIpc) is 3.98. The van der Waals surface area contributed by atoms with E-state index < -0.39 is 36.0 Å². The minimum Gasteiger partial charge on any atom is -0.480 e. The molecule has 4 unspecified atom stereocenters. The number of hydrogen-bond acceptors (Lipinski definition) is 15. The van der Waals surface area contributed by atoms with Crippen molar-refractivity contribution in [1.82, 2.24) is 44.2 Å². The van der Waals surface area contributed by atoms with Crippen LogP contribution in [0.15, 0.2) is 28.4 Å². The van der Waals surface area contributed by atoms with Crippen LogP contribution in [0.3, 0.4) is 0 Å². The predicted molar refractivity (Wildman–Crippen MR) is 264 cm³/mol. The van der Waals surface area contributed by atoms with E-state index in [1.807, 2.05) is 18.7 Å². The van der Waals surface area contributed by atoms with Crippen molar-refractivity contribution in [2.75, 3.05) is 26.2 Å². The lowest BCUT2D eigenvalue weighted by Crippen LogP contribution is -2.40. The molecule has 2 fully saturated rings. The van der Waals surface area contributed by atoms with E-state index in [1.54, 1.807) is 31.8 Å². The zero-order chi connectivity index (χ0) is 51.8. The number of aliphatic carboxylic acids is 3. The van der Waals surface area contributed by atoms with E-state index in [2.05, 4.69) is 25.6 Å². The number of guanidine groups is 1. The maximum Gasteiger partial charge on any atom is 0.332 e. The highest BCUT2D eigenvalue weighted by Crippen LogP contribution is 2.22. The number of nitrogens with two attached hydrogens (primary N) is 5. The SMILES string of the molecule is C1CCC(NC2CCCCC2)CC1.CCN(CC)C(C)O.Cn1c(=O)c2c(ncn2C)n(C)c1=O.N=C(N)NCCCC(N)C(=O)O.NC(Cc1c[nH]cn1)C(=O)O.NCCCCC(N)C(=O)O. The van der Waals surface area contributed by atoms with E-state index in [-0.39, 0.29) is 29.9 Å². The summed E-state index contributed by atoms with van der Waals surface area (Å²) in [6.07, 6.45) is 22.3. The molecular weight excluding hydrogens is 883 g/mol. The summed E-state index contributed by atoms with van der Waals surface area (Å²) in [7, 11) is 4.77. The zero-order valence-electron chi connectivity index (χ0n) is 41.2. The van der Waals surface area contributed by atoms with E-state index in [4.69, 9.17) is 54.5 Å². The lowest BCUT2D eigenvalue weighted by molar-refractivity contribution is -0.139. The number of nitrogens with zero attached hydrogens (tertiary/aromatic N) is 6. The first-order chi connectivity index (χ1) is 32.1. The number of aromatic amines is 1. The van der Waals surface area contributed by atoms with Gasteiger partial charge in [-0.25, -0.2) is 14.8 Å². The number of hydrogen-bond donors (Lipinski definition) is 13. The van der Waals surface area contributed by atoms with Gasteiger partial charge in [-0.15, -0.1) is 0 Å².